The molecule has 0 aliphatic rings. The number of halogens is 2. The van der Waals surface area contributed by atoms with Crippen molar-refractivity contribution < 1.29 is 15.0 Å². The smallest absolute Gasteiger partial charge is 0.177 e. The normalized spacial score (nSPS) is 9.00. The molecule has 0 bridgehead atoms. The summed E-state index contributed by atoms with van der Waals surface area (Å²) in [6.07, 6.45) is 0. The number of alkyl halides is 1. The Labute approximate surface area is 86.4 Å². The summed E-state index contributed by atoms with van der Waals surface area (Å²) in [5.41, 5.74) is 0.292. The van der Waals surface area contributed by atoms with Gasteiger partial charge in [-0.05, 0) is 18.2 Å². The first-order valence-electron chi connectivity index (χ1n) is 3.26. The van der Waals surface area contributed by atoms with E-state index in [1.165, 1.54) is 18.2 Å². The van der Waals surface area contributed by atoms with Gasteiger partial charge in [0.15, 0.2) is 17.3 Å². The Balaban J connectivity index is 0.00000144. The van der Waals surface area contributed by atoms with Crippen LogP contribution in [0, 0.1) is 0 Å². The lowest BCUT2D eigenvalue weighted by molar-refractivity contribution is 0.102. The largest absolute Gasteiger partial charge is 0.504 e. The van der Waals surface area contributed by atoms with Gasteiger partial charge in [0.25, 0.3) is 0 Å². The summed E-state index contributed by atoms with van der Waals surface area (Å²) in [6.45, 7) is 0. The zero-order valence-electron chi connectivity index (χ0n) is 6.53. The molecule has 5 heteroatoms. The fourth-order valence-electron chi connectivity index (χ4n) is 0.774. The lowest BCUT2D eigenvalue weighted by atomic mass is 10.1. The molecule has 3 nitrogen and oxygen atoms in total. The maximum absolute atomic E-state index is 11.0. The van der Waals surface area contributed by atoms with Crippen molar-refractivity contribution in [1.29, 1.82) is 0 Å². The van der Waals surface area contributed by atoms with Crippen LogP contribution >= 0.6 is 24.0 Å². The molecule has 1 rings (SSSR count). The van der Waals surface area contributed by atoms with Crippen molar-refractivity contribution >= 4 is 29.8 Å². The third-order valence-corrected chi connectivity index (χ3v) is 1.66. The summed E-state index contributed by atoms with van der Waals surface area (Å²) in [7, 11) is 0. The average molecular weight is 223 g/mol. The standard InChI is InChI=1S/C8H7ClO3.ClH/c9-4-8(12)5-1-2-6(10)7(11)3-5;/h1-3,10-11H,4H2;1H. The second-order valence-electron chi connectivity index (χ2n) is 2.26. The lowest BCUT2D eigenvalue weighted by Gasteiger charge is -1.99. The summed E-state index contributed by atoms with van der Waals surface area (Å²) < 4.78 is 0. The summed E-state index contributed by atoms with van der Waals surface area (Å²) in [5, 5.41) is 17.9. The number of carbonyl (C=O) groups is 1. The Morgan fingerprint density at radius 1 is 1.31 bits per heavy atom. The number of aromatic hydroxyl groups is 2. The Hall–Kier alpha value is -0.930. The molecule has 0 aliphatic heterocycles. The topological polar surface area (TPSA) is 57.5 Å². The van der Waals surface area contributed by atoms with Crippen LogP contribution in [0.15, 0.2) is 18.2 Å². The van der Waals surface area contributed by atoms with Gasteiger partial charge in [0, 0.05) is 5.56 Å². The van der Waals surface area contributed by atoms with Crippen LogP contribution in [-0.4, -0.2) is 21.9 Å². The molecule has 0 amide bonds. The summed E-state index contributed by atoms with van der Waals surface area (Å²) >= 11 is 5.28. The van der Waals surface area contributed by atoms with Gasteiger partial charge in [0.1, 0.15) is 0 Å². The highest BCUT2D eigenvalue weighted by molar-refractivity contribution is 6.30. The van der Waals surface area contributed by atoms with Gasteiger partial charge in [-0.15, -0.1) is 24.0 Å². The molecule has 0 spiro atoms. The van der Waals surface area contributed by atoms with Gasteiger partial charge in [0.2, 0.25) is 0 Å². The van der Waals surface area contributed by atoms with Gasteiger partial charge in [-0.1, -0.05) is 0 Å². The van der Waals surface area contributed by atoms with E-state index in [-0.39, 0.29) is 35.6 Å². The van der Waals surface area contributed by atoms with Gasteiger partial charge >= 0.3 is 0 Å². The lowest BCUT2D eigenvalue weighted by Crippen LogP contribution is -1.99. The highest BCUT2D eigenvalue weighted by atomic mass is 35.5. The van der Waals surface area contributed by atoms with Crippen LogP contribution in [-0.2, 0) is 0 Å². The molecule has 2 N–H and O–H groups in total. The monoisotopic (exact) mass is 222 g/mol. The van der Waals surface area contributed by atoms with Crippen molar-refractivity contribution in [2.45, 2.75) is 0 Å². The maximum Gasteiger partial charge on any atom is 0.177 e. The first-order chi connectivity index (χ1) is 5.65. The van der Waals surface area contributed by atoms with Gasteiger partial charge < -0.3 is 10.2 Å². The molecule has 0 unspecified atom stereocenters. The number of hydrogen-bond donors (Lipinski definition) is 2. The van der Waals surface area contributed by atoms with Crippen molar-refractivity contribution in [3.8, 4) is 11.5 Å². The molecule has 1 aromatic carbocycles. The molecule has 0 heterocycles. The van der Waals surface area contributed by atoms with Gasteiger partial charge in [-0.25, -0.2) is 0 Å². The fraction of sp³-hybridized carbons (Fsp3) is 0.125. The van der Waals surface area contributed by atoms with Gasteiger partial charge in [-0.3, -0.25) is 4.79 Å². The highest BCUT2D eigenvalue weighted by Gasteiger charge is 2.06. The Bertz CT molecular complexity index is 312. The molecule has 0 atom stereocenters. The molecule has 0 fully saturated rings. The quantitative estimate of drug-likeness (QED) is 0.457. The minimum atomic E-state index is -0.314. The van der Waals surface area contributed by atoms with E-state index in [2.05, 4.69) is 0 Å². The second-order valence-corrected chi connectivity index (χ2v) is 2.53. The summed E-state index contributed by atoms with van der Waals surface area (Å²) in [6, 6.07) is 3.83. The van der Waals surface area contributed by atoms with E-state index in [0.29, 0.717) is 5.56 Å². The Morgan fingerprint density at radius 3 is 2.38 bits per heavy atom. The minimum Gasteiger partial charge on any atom is -0.504 e. The van der Waals surface area contributed by atoms with Crippen LogP contribution < -0.4 is 0 Å². The van der Waals surface area contributed by atoms with Gasteiger partial charge in [0.05, 0.1) is 5.88 Å². The van der Waals surface area contributed by atoms with Crippen molar-refractivity contribution in [3.05, 3.63) is 23.8 Å². The van der Waals surface area contributed by atoms with Crippen molar-refractivity contribution in [3.63, 3.8) is 0 Å². The zero-order valence-corrected chi connectivity index (χ0v) is 8.10. The Kier molecular flexibility index (Phi) is 4.59. The van der Waals surface area contributed by atoms with E-state index < -0.39 is 0 Å². The number of carbonyl (C=O) groups excluding carboxylic acids is 1. The highest BCUT2D eigenvalue weighted by Crippen LogP contribution is 2.24. The number of phenols is 2. The molecule has 0 saturated carbocycles. The van der Waals surface area contributed by atoms with Gasteiger partial charge in [-0.2, -0.15) is 0 Å². The third kappa shape index (κ3) is 2.79. The molecule has 0 aliphatic carbocycles. The summed E-state index contributed by atoms with van der Waals surface area (Å²) in [5.74, 6) is -0.983. The van der Waals surface area contributed by atoms with Crippen LogP contribution in [0.25, 0.3) is 0 Å². The molecule has 0 saturated heterocycles. The second kappa shape index (κ2) is 4.94. The third-order valence-electron chi connectivity index (χ3n) is 1.42. The van der Waals surface area contributed by atoms with E-state index in [1.54, 1.807) is 0 Å². The van der Waals surface area contributed by atoms with Crippen LogP contribution in [0.5, 0.6) is 11.5 Å². The predicted molar refractivity (Wildman–Crippen MR) is 52.1 cm³/mol. The number of rotatable bonds is 2. The SMILES string of the molecule is Cl.O=C(CCl)c1ccc(O)c(O)c1. The zero-order chi connectivity index (χ0) is 9.14. The predicted octanol–water partition coefficient (Wildman–Crippen LogP) is 1.94. The molecule has 13 heavy (non-hydrogen) atoms. The van der Waals surface area contributed by atoms with Crippen molar-refractivity contribution in [1.82, 2.24) is 0 Å². The van der Waals surface area contributed by atoms with E-state index >= 15 is 0 Å². The minimum absolute atomic E-state index is 0. The van der Waals surface area contributed by atoms with Crippen molar-refractivity contribution in [2.24, 2.45) is 0 Å². The van der Waals surface area contributed by atoms with Crippen LogP contribution in [0.1, 0.15) is 10.4 Å². The fourth-order valence-corrected chi connectivity index (χ4v) is 0.928. The molecule has 0 aromatic heterocycles. The molecule has 1 aromatic rings. The molecule has 72 valence electrons. The van der Waals surface area contributed by atoms with Crippen molar-refractivity contribution in [2.75, 3.05) is 5.88 Å². The van der Waals surface area contributed by atoms with E-state index in [4.69, 9.17) is 21.8 Å². The van der Waals surface area contributed by atoms with E-state index in [1.807, 2.05) is 0 Å². The molecule has 0 radical (unpaired) electrons. The average Bonchev–Trinajstić information content (AvgIpc) is 2.08. The number of hydrogen-bond acceptors (Lipinski definition) is 3. The van der Waals surface area contributed by atoms with Crippen LogP contribution in [0.3, 0.4) is 0 Å². The van der Waals surface area contributed by atoms with E-state index in [9.17, 15) is 4.79 Å². The number of ketones is 1. The number of Topliss-reactive ketones (excluding diaryl/α,β-unsaturated/α-hetero) is 1. The first-order valence-corrected chi connectivity index (χ1v) is 3.79. The number of benzene rings is 1. The first kappa shape index (κ1) is 12.1. The maximum atomic E-state index is 11.0. The van der Waals surface area contributed by atoms with Crippen LogP contribution in [0.4, 0.5) is 0 Å². The Morgan fingerprint density at radius 2 is 1.92 bits per heavy atom. The molecular weight excluding hydrogens is 215 g/mol. The summed E-state index contributed by atoms with van der Waals surface area (Å²) in [4.78, 5) is 11.0. The van der Waals surface area contributed by atoms with E-state index in [0.717, 1.165) is 0 Å². The van der Waals surface area contributed by atoms with Crippen LogP contribution in [0.2, 0.25) is 0 Å². The molecular formula is C8H8Cl2O3. The number of phenolic OH excluding ortho intramolecular Hbond substituents is 2.